The van der Waals surface area contributed by atoms with E-state index >= 15 is 0 Å². The van der Waals surface area contributed by atoms with Crippen molar-refractivity contribution in [2.24, 2.45) is 0 Å². The van der Waals surface area contributed by atoms with Crippen LogP contribution in [0.2, 0.25) is 0 Å². The molecule has 0 aliphatic heterocycles. The first-order valence-electron chi connectivity index (χ1n) is 8.98. The minimum Gasteiger partial charge on any atom is -0.441 e. The Morgan fingerprint density at radius 3 is 2.59 bits per heavy atom. The summed E-state index contributed by atoms with van der Waals surface area (Å²) in [6.07, 6.45) is 3.60. The quantitative estimate of drug-likeness (QED) is 0.561. The van der Waals surface area contributed by atoms with Crippen LogP contribution in [-0.2, 0) is 6.54 Å². The molecule has 0 saturated heterocycles. The van der Waals surface area contributed by atoms with Gasteiger partial charge in [-0.25, -0.2) is 4.98 Å². The normalized spacial score (nSPS) is 10.5. The van der Waals surface area contributed by atoms with E-state index in [4.69, 9.17) is 9.68 Å². The molecular weight excluding hydrogens is 366 g/mol. The Morgan fingerprint density at radius 1 is 1.17 bits per heavy atom. The number of amides is 1. The number of carbonyl (C=O) groups is 1. The van der Waals surface area contributed by atoms with E-state index in [-0.39, 0.29) is 5.91 Å². The molecule has 2 aromatic carbocycles. The van der Waals surface area contributed by atoms with E-state index in [1.165, 1.54) is 0 Å². The van der Waals surface area contributed by atoms with Gasteiger partial charge in [-0.2, -0.15) is 10.4 Å². The van der Waals surface area contributed by atoms with Gasteiger partial charge in [-0.05, 0) is 61.5 Å². The molecule has 0 fully saturated rings. The zero-order valence-electron chi connectivity index (χ0n) is 15.7. The highest BCUT2D eigenvalue weighted by molar-refractivity contribution is 6.04. The van der Waals surface area contributed by atoms with Crippen molar-refractivity contribution in [2.45, 2.75) is 13.5 Å². The lowest BCUT2D eigenvalue weighted by Crippen LogP contribution is -2.11. The predicted molar refractivity (Wildman–Crippen MR) is 107 cm³/mol. The average Bonchev–Trinajstić information content (AvgIpc) is 3.39. The van der Waals surface area contributed by atoms with Crippen LogP contribution in [0.1, 0.15) is 27.4 Å². The van der Waals surface area contributed by atoms with E-state index < -0.39 is 0 Å². The van der Waals surface area contributed by atoms with Gasteiger partial charge in [0.2, 0.25) is 5.89 Å². The topological polar surface area (TPSA) is 96.7 Å². The Balaban J connectivity index is 1.46. The van der Waals surface area contributed by atoms with Crippen molar-refractivity contribution in [3.63, 3.8) is 0 Å². The minimum absolute atomic E-state index is 0.240. The summed E-state index contributed by atoms with van der Waals surface area (Å²) < 4.78 is 7.58. The van der Waals surface area contributed by atoms with E-state index in [0.29, 0.717) is 29.2 Å². The Kier molecular flexibility index (Phi) is 4.91. The number of nitrogens with one attached hydrogen (secondary N) is 1. The molecule has 0 bridgehead atoms. The summed E-state index contributed by atoms with van der Waals surface area (Å²) in [6, 6.07) is 17.7. The number of hydrogen-bond acceptors (Lipinski definition) is 5. The molecule has 7 heteroatoms. The number of anilines is 1. The summed E-state index contributed by atoms with van der Waals surface area (Å²) in [5, 5.41) is 15.9. The lowest BCUT2D eigenvalue weighted by molar-refractivity contribution is 0.102. The van der Waals surface area contributed by atoms with Gasteiger partial charge in [-0.3, -0.25) is 9.48 Å². The van der Waals surface area contributed by atoms with Crippen molar-refractivity contribution in [3.05, 3.63) is 89.6 Å². The van der Waals surface area contributed by atoms with E-state index in [2.05, 4.69) is 15.4 Å². The maximum Gasteiger partial charge on any atom is 0.255 e. The van der Waals surface area contributed by atoms with Crippen LogP contribution in [0.4, 0.5) is 5.69 Å². The molecule has 142 valence electrons. The summed E-state index contributed by atoms with van der Waals surface area (Å²) in [4.78, 5) is 16.9. The van der Waals surface area contributed by atoms with Crippen LogP contribution in [0, 0.1) is 18.3 Å². The Morgan fingerprint density at radius 2 is 1.93 bits per heavy atom. The van der Waals surface area contributed by atoms with Crippen molar-refractivity contribution in [1.29, 1.82) is 5.26 Å². The van der Waals surface area contributed by atoms with Crippen LogP contribution in [0.3, 0.4) is 0 Å². The number of aryl methyl sites for hydroxylation is 1. The number of aromatic nitrogens is 3. The molecule has 7 nitrogen and oxygen atoms in total. The van der Waals surface area contributed by atoms with Crippen LogP contribution < -0.4 is 5.32 Å². The molecule has 4 rings (SSSR count). The predicted octanol–water partition coefficient (Wildman–Crippen LogP) is 4.02. The van der Waals surface area contributed by atoms with Crippen LogP contribution >= 0.6 is 0 Å². The second-order valence-corrected chi connectivity index (χ2v) is 6.45. The number of oxazole rings is 1. The minimum atomic E-state index is -0.240. The number of carbonyl (C=O) groups excluding carboxylic acids is 1. The molecule has 0 aliphatic carbocycles. The molecule has 0 saturated carbocycles. The maximum absolute atomic E-state index is 12.3. The first-order valence-corrected chi connectivity index (χ1v) is 8.98. The van der Waals surface area contributed by atoms with Crippen molar-refractivity contribution in [2.75, 3.05) is 5.32 Å². The number of rotatable bonds is 5. The van der Waals surface area contributed by atoms with Crippen molar-refractivity contribution >= 4 is 11.6 Å². The molecular formula is C22H17N5O2. The number of hydrogen-bond donors (Lipinski definition) is 1. The van der Waals surface area contributed by atoms with Gasteiger partial charge in [0.15, 0.2) is 0 Å². The van der Waals surface area contributed by atoms with Crippen molar-refractivity contribution in [1.82, 2.24) is 14.8 Å². The van der Waals surface area contributed by atoms with Crippen molar-refractivity contribution < 1.29 is 9.21 Å². The Hall–Kier alpha value is -4.18. The summed E-state index contributed by atoms with van der Waals surface area (Å²) in [6.45, 7) is 2.42. The highest BCUT2D eigenvalue weighted by Crippen LogP contribution is 2.24. The molecule has 0 radical (unpaired) electrons. The Bertz CT molecular complexity index is 1170. The van der Waals surface area contributed by atoms with E-state index in [0.717, 1.165) is 17.0 Å². The molecule has 1 N–H and O–H groups in total. The van der Waals surface area contributed by atoms with Crippen molar-refractivity contribution in [3.8, 4) is 17.5 Å². The SMILES string of the molecule is Cc1oc(-c2ccc(NC(=O)c3ccc(C#N)cc3)cc2)nc1Cn1cccn1. The second-order valence-electron chi connectivity index (χ2n) is 6.45. The summed E-state index contributed by atoms with van der Waals surface area (Å²) in [5.74, 6) is 1.03. The first kappa shape index (κ1) is 18.2. The fourth-order valence-electron chi connectivity index (χ4n) is 2.84. The fourth-order valence-corrected chi connectivity index (χ4v) is 2.84. The molecule has 2 heterocycles. The van der Waals surface area contributed by atoms with Gasteiger partial charge in [0.1, 0.15) is 11.5 Å². The third-order valence-corrected chi connectivity index (χ3v) is 4.43. The molecule has 0 atom stereocenters. The number of nitriles is 1. The standard InChI is InChI=1S/C22H17N5O2/c1-15-20(14-27-12-2-11-24-27)26-22(29-15)18-7-9-19(10-8-18)25-21(28)17-5-3-16(13-23)4-6-17/h2-12H,14H2,1H3,(H,25,28). The van der Waals surface area contributed by atoms with Crippen LogP contribution in [0.25, 0.3) is 11.5 Å². The molecule has 29 heavy (non-hydrogen) atoms. The van der Waals surface area contributed by atoms with Crippen LogP contribution in [0.15, 0.2) is 71.4 Å². The van der Waals surface area contributed by atoms with E-state index in [9.17, 15) is 4.79 Å². The number of nitrogens with zero attached hydrogens (tertiary/aromatic N) is 4. The Labute approximate surface area is 167 Å². The average molecular weight is 383 g/mol. The molecule has 0 spiro atoms. The highest BCUT2D eigenvalue weighted by atomic mass is 16.4. The monoisotopic (exact) mass is 383 g/mol. The lowest BCUT2D eigenvalue weighted by atomic mass is 10.1. The van der Waals surface area contributed by atoms with Gasteiger partial charge in [0.05, 0.1) is 18.2 Å². The van der Waals surface area contributed by atoms with E-state index in [1.807, 2.05) is 37.4 Å². The van der Waals surface area contributed by atoms with Gasteiger partial charge in [0, 0.05) is 29.2 Å². The van der Waals surface area contributed by atoms with E-state index in [1.54, 1.807) is 47.3 Å². The van der Waals surface area contributed by atoms with Crippen LogP contribution in [0.5, 0.6) is 0 Å². The smallest absolute Gasteiger partial charge is 0.255 e. The molecule has 2 aromatic heterocycles. The highest BCUT2D eigenvalue weighted by Gasteiger charge is 2.13. The third kappa shape index (κ3) is 4.06. The van der Waals surface area contributed by atoms with Gasteiger partial charge < -0.3 is 9.73 Å². The molecule has 1 amide bonds. The largest absolute Gasteiger partial charge is 0.441 e. The number of benzene rings is 2. The zero-order chi connectivity index (χ0) is 20.2. The fraction of sp³-hybridized carbons (Fsp3) is 0.0909. The molecule has 0 unspecified atom stereocenters. The van der Waals surface area contributed by atoms with Crippen LogP contribution in [-0.4, -0.2) is 20.7 Å². The van der Waals surface area contributed by atoms with Gasteiger partial charge in [-0.15, -0.1) is 0 Å². The molecule has 0 aliphatic rings. The summed E-state index contributed by atoms with van der Waals surface area (Å²) in [7, 11) is 0. The first-order chi connectivity index (χ1) is 14.1. The summed E-state index contributed by atoms with van der Waals surface area (Å²) >= 11 is 0. The van der Waals surface area contributed by atoms with Gasteiger partial charge >= 0.3 is 0 Å². The van der Waals surface area contributed by atoms with Gasteiger partial charge in [-0.1, -0.05) is 0 Å². The zero-order valence-corrected chi connectivity index (χ0v) is 15.7. The third-order valence-electron chi connectivity index (χ3n) is 4.43. The second kappa shape index (κ2) is 7.82. The maximum atomic E-state index is 12.3. The lowest BCUT2D eigenvalue weighted by Gasteiger charge is -2.06. The molecule has 4 aromatic rings. The van der Waals surface area contributed by atoms with Gasteiger partial charge in [0.25, 0.3) is 5.91 Å². The summed E-state index contributed by atoms with van der Waals surface area (Å²) in [5.41, 5.74) is 3.29.